The maximum absolute atomic E-state index is 12.0. The molecule has 2 rings (SSSR count). The zero-order valence-electron chi connectivity index (χ0n) is 12.2. The van der Waals surface area contributed by atoms with E-state index < -0.39 is 0 Å². The van der Waals surface area contributed by atoms with Crippen molar-refractivity contribution >= 4 is 29.1 Å². The molecular formula is C17H17ClN2O2. The van der Waals surface area contributed by atoms with Crippen molar-refractivity contribution in [2.45, 2.75) is 12.8 Å². The summed E-state index contributed by atoms with van der Waals surface area (Å²) in [4.78, 5) is 23.6. The van der Waals surface area contributed by atoms with Crippen LogP contribution in [0.5, 0.6) is 0 Å². The van der Waals surface area contributed by atoms with Crippen molar-refractivity contribution in [2.75, 3.05) is 12.4 Å². The van der Waals surface area contributed by atoms with Crippen molar-refractivity contribution < 1.29 is 9.59 Å². The van der Waals surface area contributed by atoms with Crippen LogP contribution in [0.4, 0.5) is 5.69 Å². The summed E-state index contributed by atoms with van der Waals surface area (Å²) >= 11 is 6.06. The molecule has 0 atom stereocenters. The Morgan fingerprint density at radius 3 is 2.59 bits per heavy atom. The van der Waals surface area contributed by atoms with Crippen LogP contribution in [-0.2, 0) is 11.2 Å². The average molecular weight is 317 g/mol. The average Bonchev–Trinajstić information content (AvgIpc) is 2.53. The summed E-state index contributed by atoms with van der Waals surface area (Å²) in [5, 5.41) is 6.00. The number of carbonyl (C=O) groups excluding carboxylic acids is 2. The number of anilines is 1. The molecule has 0 aliphatic rings. The van der Waals surface area contributed by atoms with Crippen LogP contribution in [0.3, 0.4) is 0 Å². The number of carbonyl (C=O) groups is 2. The van der Waals surface area contributed by atoms with Crippen LogP contribution >= 0.6 is 11.6 Å². The molecular weight excluding hydrogens is 300 g/mol. The molecule has 22 heavy (non-hydrogen) atoms. The van der Waals surface area contributed by atoms with E-state index in [1.54, 1.807) is 31.3 Å². The van der Waals surface area contributed by atoms with Gasteiger partial charge in [-0.05, 0) is 36.2 Å². The molecule has 0 unspecified atom stereocenters. The lowest BCUT2D eigenvalue weighted by molar-refractivity contribution is -0.116. The SMILES string of the molecule is CNC(=O)c1cccc(NC(=O)CCc2ccccc2Cl)c1. The Kier molecular flexibility index (Phi) is 5.55. The van der Waals surface area contributed by atoms with Crippen molar-refractivity contribution in [3.05, 3.63) is 64.7 Å². The van der Waals surface area contributed by atoms with Gasteiger partial charge in [-0.2, -0.15) is 0 Å². The van der Waals surface area contributed by atoms with Crippen LogP contribution in [-0.4, -0.2) is 18.9 Å². The molecule has 0 radical (unpaired) electrons. The molecule has 2 amide bonds. The van der Waals surface area contributed by atoms with E-state index in [1.807, 2.05) is 24.3 Å². The summed E-state index contributed by atoms with van der Waals surface area (Å²) < 4.78 is 0. The molecule has 4 nitrogen and oxygen atoms in total. The zero-order chi connectivity index (χ0) is 15.9. The summed E-state index contributed by atoms with van der Waals surface area (Å²) in [6, 6.07) is 14.3. The largest absolute Gasteiger partial charge is 0.355 e. The van der Waals surface area contributed by atoms with Gasteiger partial charge in [0.2, 0.25) is 5.91 Å². The second-order valence-electron chi connectivity index (χ2n) is 4.80. The Morgan fingerprint density at radius 1 is 1.09 bits per heavy atom. The first kappa shape index (κ1) is 16.0. The van der Waals surface area contributed by atoms with Crippen LogP contribution in [0.25, 0.3) is 0 Å². The minimum atomic E-state index is -0.188. The maximum Gasteiger partial charge on any atom is 0.251 e. The van der Waals surface area contributed by atoms with E-state index in [4.69, 9.17) is 11.6 Å². The van der Waals surface area contributed by atoms with E-state index in [0.717, 1.165) is 5.56 Å². The van der Waals surface area contributed by atoms with Crippen LogP contribution in [0.2, 0.25) is 5.02 Å². The number of benzene rings is 2. The first-order valence-corrected chi connectivity index (χ1v) is 7.33. The third-order valence-electron chi connectivity index (χ3n) is 3.21. The van der Waals surface area contributed by atoms with Crippen molar-refractivity contribution in [3.8, 4) is 0 Å². The van der Waals surface area contributed by atoms with Gasteiger partial charge in [0, 0.05) is 29.7 Å². The van der Waals surface area contributed by atoms with Gasteiger partial charge in [-0.15, -0.1) is 0 Å². The minimum absolute atomic E-state index is 0.117. The molecule has 5 heteroatoms. The van der Waals surface area contributed by atoms with Gasteiger partial charge >= 0.3 is 0 Å². The number of rotatable bonds is 5. The highest BCUT2D eigenvalue weighted by Crippen LogP contribution is 2.17. The molecule has 0 bridgehead atoms. The Balaban J connectivity index is 1.95. The quantitative estimate of drug-likeness (QED) is 0.889. The summed E-state index contributed by atoms with van der Waals surface area (Å²) in [5.41, 5.74) is 2.05. The van der Waals surface area contributed by atoms with E-state index in [1.165, 1.54) is 0 Å². The molecule has 2 aromatic carbocycles. The van der Waals surface area contributed by atoms with Gasteiger partial charge in [-0.25, -0.2) is 0 Å². The fourth-order valence-electron chi connectivity index (χ4n) is 2.06. The lowest BCUT2D eigenvalue weighted by atomic mass is 10.1. The van der Waals surface area contributed by atoms with Gasteiger partial charge in [0.15, 0.2) is 0 Å². The van der Waals surface area contributed by atoms with E-state index >= 15 is 0 Å². The number of nitrogens with one attached hydrogen (secondary N) is 2. The molecule has 2 N–H and O–H groups in total. The van der Waals surface area contributed by atoms with Gasteiger partial charge in [0.05, 0.1) is 0 Å². The predicted octanol–water partition coefficient (Wildman–Crippen LogP) is 3.27. The normalized spacial score (nSPS) is 10.1. The molecule has 0 aliphatic carbocycles. The minimum Gasteiger partial charge on any atom is -0.355 e. The molecule has 0 aromatic heterocycles. The lowest BCUT2D eigenvalue weighted by Gasteiger charge is -2.08. The number of hydrogen-bond donors (Lipinski definition) is 2. The monoisotopic (exact) mass is 316 g/mol. The summed E-state index contributed by atoms with van der Waals surface area (Å²) in [6.07, 6.45) is 0.897. The highest BCUT2D eigenvalue weighted by atomic mass is 35.5. The Hall–Kier alpha value is -2.33. The fraction of sp³-hybridized carbons (Fsp3) is 0.176. The third kappa shape index (κ3) is 4.33. The second-order valence-corrected chi connectivity index (χ2v) is 5.21. The van der Waals surface area contributed by atoms with Crippen LogP contribution in [0, 0.1) is 0 Å². The number of hydrogen-bond acceptors (Lipinski definition) is 2. The topological polar surface area (TPSA) is 58.2 Å². The first-order valence-electron chi connectivity index (χ1n) is 6.95. The first-order chi connectivity index (χ1) is 10.6. The number of amides is 2. The highest BCUT2D eigenvalue weighted by Gasteiger charge is 2.07. The molecule has 0 heterocycles. The van der Waals surface area contributed by atoms with Gasteiger partial charge in [0.25, 0.3) is 5.91 Å². The smallest absolute Gasteiger partial charge is 0.251 e. The van der Waals surface area contributed by atoms with E-state index in [9.17, 15) is 9.59 Å². The van der Waals surface area contributed by atoms with Gasteiger partial charge in [-0.3, -0.25) is 9.59 Å². The summed E-state index contributed by atoms with van der Waals surface area (Å²) in [7, 11) is 1.57. The molecule has 0 saturated heterocycles. The highest BCUT2D eigenvalue weighted by molar-refractivity contribution is 6.31. The lowest BCUT2D eigenvalue weighted by Crippen LogP contribution is -2.18. The number of halogens is 1. The fourth-order valence-corrected chi connectivity index (χ4v) is 2.29. The molecule has 0 spiro atoms. The standard InChI is InChI=1S/C17H17ClN2O2/c1-19-17(22)13-6-4-7-14(11-13)20-16(21)10-9-12-5-2-3-8-15(12)18/h2-8,11H,9-10H2,1H3,(H,19,22)(H,20,21). The molecule has 2 aromatic rings. The third-order valence-corrected chi connectivity index (χ3v) is 3.58. The van der Waals surface area contributed by atoms with Crippen molar-refractivity contribution in [3.63, 3.8) is 0 Å². The van der Waals surface area contributed by atoms with E-state index in [0.29, 0.717) is 29.1 Å². The van der Waals surface area contributed by atoms with Gasteiger partial charge in [0.1, 0.15) is 0 Å². The molecule has 114 valence electrons. The predicted molar refractivity (Wildman–Crippen MR) is 88.2 cm³/mol. The van der Waals surface area contributed by atoms with Crippen molar-refractivity contribution in [1.82, 2.24) is 5.32 Å². The van der Waals surface area contributed by atoms with Gasteiger partial charge < -0.3 is 10.6 Å². The molecule has 0 saturated carbocycles. The van der Waals surface area contributed by atoms with Crippen LogP contribution in [0.15, 0.2) is 48.5 Å². The van der Waals surface area contributed by atoms with Gasteiger partial charge in [-0.1, -0.05) is 35.9 Å². The van der Waals surface area contributed by atoms with E-state index in [2.05, 4.69) is 10.6 Å². The second kappa shape index (κ2) is 7.61. The molecule has 0 aliphatic heterocycles. The zero-order valence-corrected chi connectivity index (χ0v) is 13.0. The van der Waals surface area contributed by atoms with E-state index in [-0.39, 0.29) is 11.8 Å². The van der Waals surface area contributed by atoms with Crippen molar-refractivity contribution in [1.29, 1.82) is 0 Å². The van der Waals surface area contributed by atoms with Crippen LogP contribution in [0.1, 0.15) is 22.3 Å². The Bertz CT molecular complexity index is 686. The molecule has 0 fully saturated rings. The Morgan fingerprint density at radius 2 is 1.86 bits per heavy atom. The maximum atomic E-state index is 12.0. The summed E-state index contributed by atoms with van der Waals surface area (Å²) in [5.74, 6) is -0.304. The number of aryl methyl sites for hydroxylation is 1. The Labute approximate surface area is 134 Å². The van der Waals surface area contributed by atoms with Crippen LogP contribution < -0.4 is 10.6 Å². The van der Waals surface area contributed by atoms with Crippen molar-refractivity contribution in [2.24, 2.45) is 0 Å². The summed E-state index contributed by atoms with van der Waals surface area (Å²) in [6.45, 7) is 0.